The first-order valence-corrected chi connectivity index (χ1v) is 7.37. The average molecular weight is 321 g/mol. The third-order valence-electron chi connectivity index (χ3n) is 3.42. The molecule has 1 aromatic carbocycles. The topological polar surface area (TPSA) is 22.4 Å². The van der Waals surface area contributed by atoms with Crippen molar-refractivity contribution in [2.24, 2.45) is 0 Å². The molecule has 2 nitrogen and oxygen atoms in total. The molecule has 0 saturated heterocycles. The van der Waals surface area contributed by atoms with Crippen LogP contribution in [0.15, 0.2) is 34.9 Å². The Balaban J connectivity index is 1.92. The van der Waals surface area contributed by atoms with Crippen LogP contribution in [0, 0.1) is 6.92 Å². The van der Waals surface area contributed by atoms with E-state index in [2.05, 4.69) is 54.0 Å². The summed E-state index contributed by atoms with van der Waals surface area (Å²) in [6, 6.07) is 8.47. The van der Waals surface area contributed by atoms with E-state index < -0.39 is 0 Å². The third kappa shape index (κ3) is 2.44. The number of hydrogen-bond acceptors (Lipinski definition) is 2. The van der Waals surface area contributed by atoms with Gasteiger partial charge in [-0.15, -0.1) is 0 Å². The van der Waals surface area contributed by atoms with Gasteiger partial charge >= 0.3 is 0 Å². The maximum absolute atomic E-state index is 5.91. The zero-order valence-electron chi connectivity index (χ0n) is 11.4. The molecule has 0 bridgehead atoms. The summed E-state index contributed by atoms with van der Waals surface area (Å²) in [6.45, 7) is 6.21. The Morgan fingerprint density at radius 1 is 1.21 bits per heavy atom. The smallest absolute Gasteiger partial charge is 0.123 e. The van der Waals surface area contributed by atoms with E-state index >= 15 is 0 Å². The molecule has 0 saturated carbocycles. The van der Waals surface area contributed by atoms with Crippen LogP contribution in [0.4, 0.5) is 0 Å². The van der Waals surface area contributed by atoms with Gasteiger partial charge in [-0.2, -0.15) is 0 Å². The van der Waals surface area contributed by atoms with Gasteiger partial charge in [0, 0.05) is 12.0 Å². The molecule has 0 spiro atoms. The van der Waals surface area contributed by atoms with Crippen molar-refractivity contribution in [1.82, 2.24) is 0 Å². The number of alkyl halides is 1. The van der Waals surface area contributed by atoms with Crippen LogP contribution in [0.3, 0.4) is 0 Å². The van der Waals surface area contributed by atoms with Crippen LogP contribution in [0.2, 0.25) is 0 Å². The fraction of sp³-hybridized carbons (Fsp3) is 0.375. The van der Waals surface area contributed by atoms with Gasteiger partial charge in [0.15, 0.2) is 0 Å². The minimum absolute atomic E-state index is 0.0883. The molecule has 0 aliphatic carbocycles. The minimum Gasteiger partial charge on any atom is -0.487 e. The molecule has 1 aliphatic rings. The summed E-state index contributed by atoms with van der Waals surface area (Å²) < 4.78 is 11.3. The number of ether oxygens (including phenoxy) is 1. The lowest BCUT2D eigenvalue weighted by molar-refractivity contribution is 0.138. The Morgan fingerprint density at radius 2 is 2.00 bits per heavy atom. The van der Waals surface area contributed by atoms with Crippen molar-refractivity contribution in [3.05, 3.63) is 53.0 Å². The molecular formula is C16H17BrO2. The van der Waals surface area contributed by atoms with Crippen molar-refractivity contribution in [3.63, 3.8) is 0 Å². The SMILES string of the molecule is Cc1cc(C(Br)c2ccc3c(c2)CC(C)(C)O3)co1. The van der Waals surface area contributed by atoms with E-state index in [1.807, 2.05) is 13.2 Å². The van der Waals surface area contributed by atoms with Gasteiger partial charge in [-0.05, 0) is 44.0 Å². The van der Waals surface area contributed by atoms with Gasteiger partial charge in [0.05, 0.1) is 11.1 Å². The van der Waals surface area contributed by atoms with Crippen LogP contribution >= 0.6 is 15.9 Å². The number of benzene rings is 1. The molecule has 0 radical (unpaired) electrons. The fourth-order valence-electron chi connectivity index (χ4n) is 2.58. The number of hydrogen-bond donors (Lipinski definition) is 0. The molecule has 2 heterocycles. The fourth-order valence-corrected chi connectivity index (χ4v) is 3.10. The highest BCUT2D eigenvalue weighted by molar-refractivity contribution is 9.09. The van der Waals surface area contributed by atoms with Crippen molar-refractivity contribution < 1.29 is 9.15 Å². The first-order chi connectivity index (χ1) is 8.94. The molecule has 3 heteroatoms. The second kappa shape index (κ2) is 4.41. The van der Waals surface area contributed by atoms with Crippen LogP contribution in [-0.4, -0.2) is 5.60 Å². The number of fused-ring (bicyclic) bond motifs is 1. The van der Waals surface area contributed by atoms with Crippen LogP contribution in [0.5, 0.6) is 5.75 Å². The highest BCUT2D eigenvalue weighted by Gasteiger charge is 2.30. The summed E-state index contributed by atoms with van der Waals surface area (Å²) in [4.78, 5) is 0.166. The van der Waals surface area contributed by atoms with Crippen LogP contribution in [0.1, 0.15) is 41.1 Å². The Labute approximate surface area is 121 Å². The molecule has 2 aromatic rings. The number of furan rings is 1. The summed E-state index contributed by atoms with van der Waals surface area (Å²) in [6.07, 6.45) is 2.77. The summed E-state index contributed by atoms with van der Waals surface area (Å²) in [5, 5.41) is 0. The zero-order valence-corrected chi connectivity index (χ0v) is 13.0. The molecular weight excluding hydrogens is 304 g/mol. The summed E-state index contributed by atoms with van der Waals surface area (Å²) in [7, 11) is 0. The lowest BCUT2D eigenvalue weighted by atomic mass is 9.98. The van der Waals surface area contributed by atoms with Crippen molar-refractivity contribution >= 4 is 15.9 Å². The van der Waals surface area contributed by atoms with Crippen LogP contribution in [-0.2, 0) is 6.42 Å². The maximum Gasteiger partial charge on any atom is 0.123 e. The maximum atomic E-state index is 5.91. The molecule has 3 rings (SSSR count). The highest BCUT2D eigenvalue weighted by Crippen LogP contribution is 2.39. The molecule has 1 aliphatic heterocycles. The van der Waals surface area contributed by atoms with Gasteiger partial charge in [0.2, 0.25) is 0 Å². The van der Waals surface area contributed by atoms with E-state index in [4.69, 9.17) is 9.15 Å². The predicted octanol–water partition coefficient (Wildman–Crippen LogP) is 4.79. The molecule has 0 fully saturated rings. The molecule has 100 valence electrons. The largest absolute Gasteiger partial charge is 0.487 e. The van der Waals surface area contributed by atoms with E-state index in [0.717, 1.165) is 23.5 Å². The molecule has 1 unspecified atom stereocenters. The third-order valence-corrected chi connectivity index (χ3v) is 4.48. The van der Waals surface area contributed by atoms with E-state index in [1.54, 1.807) is 0 Å². The Hall–Kier alpha value is -1.22. The normalized spacial score (nSPS) is 17.9. The quantitative estimate of drug-likeness (QED) is 0.742. The van der Waals surface area contributed by atoms with E-state index in [1.165, 1.54) is 11.1 Å². The van der Waals surface area contributed by atoms with Gasteiger partial charge in [-0.1, -0.05) is 28.1 Å². The first kappa shape index (κ1) is 12.8. The van der Waals surface area contributed by atoms with E-state index in [-0.39, 0.29) is 10.4 Å². The summed E-state index contributed by atoms with van der Waals surface area (Å²) in [5.74, 6) is 1.95. The van der Waals surface area contributed by atoms with Crippen LogP contribution in [0.25, 0.3) is 0 Å². The number of rotatable bonds is 2. The number of aryl methyl sites for hydroxylation is 1. The van der Waals surface area contributed by atoms with Crippen LogP contribution < -0.4 is 4.74 Å². The van der Waals surface area contributed by atoms with Crippen molar-refractivity contribution in [2.45, 2.75) is 37.6 Å². The summed E-state index contributed by atoms with van der Waals surface area (Å²) >= 11 is 3.74. The first-order valence-electron chi connectivity index (χ1n) is 6.45. The Kier molecular flexibility index (Phi) is 2.97. The second-order valence-electron chi connectivity index (χ2n) is 5.76. The van der Waals surface area contributed by atoms with Gasteiger partial charge < -0.3 is 9.15 Å². The molecule has 0 N–H and O–H groups in total. The molecule has 0 amide bonds. The van der Waals surface area contributed by atoms with Gasteiger partial charge in [-0.25, -0.2) is 0 Å². The average Bonchev–Trinajstić information content (AvgIpc) is 2.88. The van der Waals surface area contributed by atoms with E-state index in [9.17, 15) is 0 Å². The highest BCUT2D eigenvalue weighted by atomic mass is 79.9. The lowest BCUT2D eigenvalue weighted by Gasteiger charge is -2.16. The van der Waals surface area contributed by atoms with Gasteiger partial charge in [0.25, 0.3) is 0 Å². The molecule has 19 heavy (non-hydrogen) atoms. The summed E-state index contributed by atoms with van der Waals surface area (Å²) in [5.41, 5.74) is 3.58. The monoisotopic (exact) mass is 320 g/mol. The standard InChI is InChI=1S/C16H17BrO2/c1-10-6-13(9-18-10)15(17)11-4-5-14-12(7-11)8-16(2,3)19-14/h4-7,9,15H,8H2,1-3H3. The predicted molar refractivity (Wildman–Crippen MR) is 79.1 cm³/mol. The number of halogens is 1. The van der Waals surface area contributed by atoms with Crippen molar-refractivity contribution in [3.8, 4) is 5.75 Å². The zero-order chi connectivity index (χ0) is 13.6. The molecule has 1 atom stereocenters. The van der Waals surface area contributed by atoms with Crippen molar-refractivity contribution in [1.29, 1.82) is 0 Å². The lowest BCUT2D eigenvalue weighted by Crippen LogP contribution is -2.24. The van der Waals surface area contributed by atoms with E-state index in [0.29, 0.717) is 0 Å². The Morgan fingerprint density at radius 3 is 2.68 bits per heavy atom. The Bertz CT molecular complexity index is 613. The van der Waals surface area contributed by atoms with Crippen molar-refractivity contribution in [2.75, 3.05) is 0 Å². The van der Waals surface area contributed by atoms with Gasteiger partial charge in [0.1, 0.15) is 17.1 Å². The molecule has 1 aromatic heterocycles. The van der Waals surface area contributed by atoms with Gasteiger partial charge in [-0.3, -0.25) is 0 Å². The second-order valence-corrected chi connectivity index (χ2v) is 6.67. The minimum atomic E-state index is -0.0883.